The van der Waals surface area contributed by atoms with Crippen molar-refractivity contribution in [1.82, 2.24) is 9.78 Å². The minimum Gasteiger partial charge on any atom is -0.370 e. The fourth-order valence-corrected chi connectivity index (χ4v) is 0.916. The van der Waals surface area contributed by atoms with Crippen LogP contribution in [-0.4, -0.2) is 22.8 Å². The molecule has 0 saturated heterocycles. The Hall–Kier alpha value is -1.52. The Bertz CT molecular complexity index is 299. The largest absolute Gasteiger partial charge is 0.370 e. The zero-order valence-electron chi connectivity index (χ0n) is 7.50. The van der Waals surface area contributed by atoms with E-state index in [2.05, 4.69) is 15.4 Å². The molecule has 66 valence electrons. The molecule has 0 amide bonds. The van der Waals surface area contributed by atoms with Crippen LogP contribution >= 0.6 is 0 Å². The second-order valence-electron chi connectivity index (χ2n) is 2.54. The van der Waals surface area contributed by atoms with Crippen LogP contribution in [0.2, 0.25) is 0 Å². The standard InChI is InChI=1S/C7H13N5/c1-5-6(4-12(3)11-5)10-7(8)9-2/h4H,1-3H3,(H3,8,9,10). The summed E-state index contributed by atoms with van der Waals surface area (Å²) in [5.74, 6) is 0.395. The van der Waals surface area contributed by atoms with E-state index < -0.39 is 0 Å². The lowest BCUT2D eigenvalue weighted by molar-refractivity contribution is 0.756. The lowest BCUT2D eigenvalue weighted by Gasteiger charge is -2.00. The number of anilines is 1. The average Bonchev–Trinajstić information content (AvgIpc) is 2.30. The number of aliphatic imine (C=N–C) groups is 1. The van der Waals surface area contributed by atoms with E-state index in [1.54, 1.807) is 11.7 Å². The maximum Gasteiger partial charge on any atom is 0.192 e. The number of nitrogens with one attached hydrogen (secondary N) is 1. The van der Waals surface area contributed by atoms with Gasteiger partial charge >= 0.3 is 0 Å². The van der Waals surface area contributed by atoms with Gasteiger partial charge in [-0.1, -0.05) is 0 Å². The summed E-state index contributed by atoms with van der Waals surface area (Å²) in [5.41, 5.74) is 7.28. The fourth-order valence-electron chi connectivity index (χ4n) is 0.916. The molecule has 1 aromatic heterocycles. The van der Waals surface area contributed by atoms with Crippen molar-refractivity contribution < 1.29 is 0 Å². The number of hydrogen-bond acceptors (Lipinski definition) is 2. The summed E-state index contributed by atoms with van der Waals surface area (Å²) in [4.78, 5) is 3.78. The first-order valence-corrected chi connectivity index (χ1v) is 3.63. The summed E-state index contributed by atoms with van der Waals surface area (Å²) in [7, 11) is 3.49. The molecule has 1 heterocycles. The predicted octanol–water partition coefficient (Wildman–Crippen LogP) is 0.0849. The van der Waals surface area contributed by atoms with E-state index in [1.807, 2.05) is 20.2 Å². The van der Waals surface area contributed by atoms with Crippen LogP contribution in [0.15, 0.2) is 11.2 Å². The number of nitrogens with zero attached hydrogens (tertiary/aromatic N) is 3. The molecule has 0 saturated carbocycles. The molecule has 0 aliphatic rings. The minimum absolute atomic E-state index is 0.395. The third-order valence-electron chi connectivity index (χ3n) is 1.52. The maximum absolute atomic E-state index is 5.48. The molecule has 3 N–H and O–H groups in total. The molecule has 0 spiro atoms. The highest BCUT2D eigenvalue weighted by atomic mass is 15.3. The van der Waals surface area contributed by atoms with Gasteiger partial charge in [-0.25, -0.2) is 0 Å². The third kappa shape index (κ3) is 1.75. The van der Waals surface area contributed by atoms with Crippen LogP contribution in [-0.2, 0) is 7.05 Å². The van der Waals surface area contributed by atoms with Crippen LogP contribution in [0, 0.1) is 6.92 Å². The van der Waals surface area contributed by atoms with E-state index in [9.17, 15) is 0 Å². The Labute approximate surface area is 71.3 Å². The van der Waals surface area contributed by atoms with Gasteiger partial charge in [-0.05, 0) is 6.92 Å². The highest BCUT2D eigenvalue weighted by Crippen LogP contribution is 2.10. The Morgan fingerprint density at radius 3 is 2.83 bits per heavy atom. The third-order valence-corrected chi connectivity index (χ3v) is 1.52. The summed E-state index contributed by atoms with van der Waals surface area (Å²) in [6.07, 6.45) is 1.85. The van der Waals surface area contributed by atoms with Crippen LogP contribution in [0.1, 0.15) is 5.69 Å². The van der Waals surface area contributed by atoms with Gasteiger partial charge < -0.3 is 11.1 Å². The van der Waals surface area contributed by atoms with Crippen molar-refractivity contribution in [2.24, 2.45) is 17.8 Å². The van der Waals surface area contributed by atoms with Gasteiger partial charge in [0, 0.05) is 20.3 Å². The van der Waals surface area contributed by atoms with E-state index in [-0.39, 0.29) is 0 Å². The van der Waals surface area contributed by atoms with Gasteiger partial charge in [0.2, 0.25) is 0 Å². The molecule has 0 aromatic carbocycles. The summed E-state index contributed by atoms with van der Waals surface area (Å²) in [6, 6.07) is 0. The van der Waals surface area contributed by atoms with E-state index in [0.717, 1.165) is 11.4 Å². The number of aromatic nitrogens is 2. The monoisotopic (exact) mass is 167 g/mol. The van der Waals surface area contributed by atoms with Crippen molar-refractivity contribution in [3.05, 3.63) is 11.9 Å². The molecule has 0 unspecified atom stereocenters. The first-order chi connectivity index (χ1) is 5.63. The van der Waals surface area contributed by atoms with Crippen molar-refractivity contribution in [1.29, 1.82) is 0 Å². The van der Waals surface area contributed by atoms with E-state index in [4.69, 9.17) is 5.73 Å². The van der Waals surface area contributed by atoms with Gasteiger partial charge in [0.25, 0.3) is 0 Å². The first kappa shape index (κ1) is 8.58. The quantitative estimate of drug-likeness (QED) is 0.460. The van der Waals surface area contributed by atoms with Gasteiger partial charge in [0.05, 0.1) is 11.4 Å². The summed E-state index contributed by atoms with van der Waals surface area (Å²) in [5, 5.41) is 7.07. The topological polar surface area (TPSA) is 68.2 Å². The lowest BCUT2D eigenvalue weighted by atomic mass is 10.4. The summed E-state index contributed by atoms with van der Waals surface area (Å²) < 4.78 is 1.72. The molecule has 1 aromatic rings. The van der Waals surface area contributed by atoms with Crippen LogP contribution in [0.3, 0.4) is 0 Å². The van der Waals surface area contributed by atoms with Crippen molar-refractivity contribution >= 4 is 11.6 Å². The Balaban J connectivity index is 2.82. The van der Waals surface area contributed by atoms with E-state index in [0.29, 0.717) is 5.96 Å². The van der Waals surface area contributed by atoms with Crippen molar-refractivity contribution in [2.45, 2.75) is 6.92 Å². The molecule has 12 heavy (non-hydrogen) atoms. The number of hydrogen-bond donors (Lipinski definition) is 2. The average molecular weight is 167 g/mol. The summed E-state index contributed by atoms with van der Waals surface area (Å²) >= 11 is 0. The second-order valence-corrected chi connectivity index (χ2v) is 2.54. The predicted molar refractivity (Wildman–Crippen MR) is 49.1 cm³/mol. The maximum atomic E-state index is 5.48. The number of guanidine groups is 1. The lowest BCUT2D eigenvalue weighted by Crippen LogP contribution is -2.22. The normalized spacial score (nSPS) is 11.8. The van der Waals surface area contributed by atoms with Crippen LogP contribution in [0.5, 0.6) is 0 Å². The SMILES string of the molecule is CN=C(N)Nc1cn(C)nc1C. The first-order valence-electron chi connectivity index (χ1n) is 3.63. The molecule has 0 atom stereocenters. The van der Waals surface area contributed by atoms with Crippen LogP contribution in [0.25, 0.3) is 0 Å². The number of rotatable bonds is 1. The van der Waals surface area contributed by atoms with Gasteiger partial charge in [0.15, 0.2) is 5.96 Å². The number of aryl methyl sites for hydroxylation is 2. The van der Waals surface area contributed by atoms with Gasteiger partial charge in [0.1, 0.15) is 0 Å². The Morgan fingerprint density at radius 2 is 2.42 bits per heavy atom. The Kier molecular flexibility index (Phi) is 2.32. The van der Waals surface area contributed by atoms with E-state index in [1.165, 1.54) is 0 Å². The molecule has 1 rings (SSSR count). The van der Waals surface area contributed by atoms with Gasteiger partial charge in [-0.15, -0.1) is 0 Å². The highest BCUT2D eigenvalue weighted by molar-refractivity contribution is 5.92. The molecule has 0 radical (unpaired) electrons. The van der Waals surface area contributed by atoms with E-state index >= 15 is 0 Å². The molecule has 0 fully saturated rings. The van der Waals surface area contributed by atoms with Crippen LogP contribution in [0.4, 0.5) is 5.69 Å². The molecule has 0 aliphatic carbocycles. The highest BCUT2D eigenvalue weighted by Gasteiger charge is 2.02. The number of nitrogens with two attached hydrogens (primary N) is 1. The molecule has 5 nitrogen and oxygen atoms in total. The molecule has 0 bridgehead atoms. The van der Waals surface area contributed by atoms with Crippen molar-refractivity contribution in [3.8, 4) is 0 Å². The van der Waals surface area contributed by atoms with Gasteiger partial charge in [-0.2, -0.15) is 5.10 Å². The van der Waals surface area contributed by atoms with Crippen molar-refractivity contribution in [2.75, 3.05) is 12.4 Å². The fraction of sp³-hybridized carbons (Fsp3) is 0.429. The molecule has 0 aliphatic heterocycles. The smallest absolute Gasteiger partial charge is 0.192 e. The second kappa shape index (κ2) is 3.25. The van der Waals surface area contributed by atoms with Crippen molar-refractivity contribution in [3.63, 3.8) is 0 Å². The zero-order valence-corrected chi connectivity index (χ0v) is 7.50. The Morgan fingerprint density at radius 1 is 1.75 bits per heavy atom. The van der Waals surface area contributed by atoms with Gasteiger partial charge in [-0.3, -0.25) is 9.67 Å². The zero-order chi connectivity index (χ0) is 9.14. The minimum atomic E-state index is 0.395. The molecular formula is C7H13N5. The van der Waals surface area contributed by atoms with Crippen LogP contribution < -0.4 is 11.1 Å². The molecule has 5 heteroatoms. The summed E-state index contributed by atoms with van der Waals surface area (Å²) in [6.45, 7) is 1.91. The molecular weight excluding hydrogens is 154 g/mol.